The van der Waals surface area contributed by atoms with E-state index in [4.69, 9.17) is 28.2 Å². The topological polar surface area (TPSA) is 86.5 Å². The Balaban J connectivity index is 1.93. The molecule has 1 N–H and O–H groups in total. The van der Waals surface area contributed by atoms with Crippen molar-refractivity contribution < 1.29 is 13.2 Å². The Kier molecular flexibility index (Phi) is 6.60. The number of nitrogens with one attached hydrogen (secondary N) is 1. The third-order valence-corrected chi connectivity index (χ3v) is 6.36. The first kappa shape index (κ1) is 22.8. The maximum atomic E-state index is 13.7. The quantitative estimate of drug-likeness (QED) is 0.549. The van der Waals surface area contributed by atoms with Crippen molar-refractivity contribution in [3.05, 3.63) is 91.1 Å². The van der Waals surface area contributed by atoms with Crippen LogP contribution in [0.5, 0.6) is 0 Å². The summed E-state index contributed by atoms with van der Waals surface area (Å²) in [4.78, 5) is 17.0. The van der Waals surface area contributed by atoms with E-state index in [-0.39, 0.29) is 23.7 Å². The van der Waals surface area contributed by atoms with Crippen LogP contribution in [0, 0.1) is 5.82 Å². The SMILES string of the molecule is Cn1cc2c(cc1=O)CN=C(c1ccc(F)cc1Cl)c1cc(Cl)c(CCNS(=O)[O-])cc1-2. The summed E-state index contributed by atoms with van der Waals surface area (Å²) in [5.74, 6) is -0.462. The highest BCUT2D eigenvalue weighted by atomic mass is 35.5. The minimum absolute atomic E-state index is 0.167. The molecule has 0 spiro atoms. The van der Waals surface area contributed by atoms with Gasteiger partial charge in [0, 0.05) is 58.8 Å². The molecule has 6 nitrogen and oxygen atoms in total. The van der Waals surface area contributed by atoms with E-state index < -0.39 is 17.1 Å². The van der Waals surface area contributed by atoms with Crippen LogP contribution in [0.4, 0.5) is 4.39 Å². The number of aliphatic imine (C=N–C) groups is 1. The third kappa shape index (κ3) is 4.55. The minimum Gasteiger partial charge on any atom is -0.760 e. The Morgan fingerprint density at radius 2 is 1.91 bits per heavy atom. The van der Waals surface area contributed by atoms with Gasteiger partial charge in [-0.15, -0.1) is 0 Å². The molecule has 0 fully saturated rings. The fraction of sp³-hybridized carbons (Fsp3) is 0.182. The van der Waals surface area contributed by atoms with Gasteiger partial charge in [0.1, 0.15) is 5.82 Å². The average Bonchev–Trinajstić information content (AvgIpc) is 2.86. The molecule has 32 heavy (non-hydrogen) atoms. The van der Waals surface area contributed by atoms with Crippen LogP contribution in [-0.2, 0) is 31.3 Å². The zero-order chi connectivity index (χ0) is 23.0. The maximum absolute atomic E-state index is 13.7. The van der Waals surface area contributed by atoms with Gasteiger partial charge in [0.15, 0.2) is 0 Å². The van der Waals surface area contributed by atoms with Gasteiger partial charge in [-0.1, -0.05) is 23.2 Å². The summed E-state index contributed by atoms with van der Waals surface area (Å²) in [6, 6.07) is 9.24. The number of aryl methyl sites for hydroxylation is 1. The molecule has 2 aromatic carbocycles. The van der Waals surface area contributed by atoms with E-state index in [9.17, 15) is 17.9 Å². The van der Waals surface area contributed by atoms with Gasteiger partial charge in [0.05, 0.1) is 17.3 Å². The Labute approximate surface area is 196 Å². The molecule has 0 aliphatic carbocycles. The van der Waals surface area contributed by atoms with Gasteiger partial charge >= 0.3 is 0 Å². The van der Waals surface area contributed by atoms with Crippen molar-refractivity contribution in [2.45, 2.75) is 13.0 Å². The number of aromatic nitrogens is 1. The summed E-state index contributed by atoms with van der Waals surface area (Å²) in [6.45, 7) is 0.409. The van der Waals surface area contributed by atoms with Gasteiger partial charge < -0.3 is 9.12 Å². The highest BCUT2D eigenvalue weighted by Crippen LogP contribution is 2.36. The molecule has 2 heterocycles. The second-order valence-corrected chi connectivity index (χ2v) is 8.89. The monoisotopic (exact) mass is 492 g/mol. The highest BCUT2D eigenvalue weighted by Gasteiger charge is 2.23. The Morgan fingerprint density at radius 3 is 2.62 bits per heavy atom. The van der Waals surface area contributed by atoms with E-state index in [2.05, 4.69) is 4.72 Å². The summed E-state index contributed by atoms with van der Waals surface area (Å²) in [6.07, 6.45) is 2.11. The molecule has 0 radical (unpaired) electrons. The van der Waals surface area contributed by atoms with E-state index in [1.807, 2.05) is 6.07 Å². The van der Waals surface area contributed by atoms with Crippen LogP contribution in [-0.4, -0.2) is 25.6 Å². The van der Waals surface area contributed by atoms with Gasteiger partial charge in [0.25, 0.3) is 5.56 Å². The second kappa shape index (κ2) is 9.25. The Bertz CT molecular complexity index is 1340. The molecule has 1 aliphatic heterocycles. The van der Waals surface area contributed by atoms with Gasteiger partial charge in [-0.3, -0.25) is 14.0 Å². The number of pyridine rings is 1. The fourth-order valence-electron chi connectivity index (χ4n) is 3.70. The lowest BCUT2D eigenvalue weighted by Crippen LogP contribution is -2.19. The number of hydrogen-bond acceptors (Lipinski definition) is 4. The first-order valence-electron chi connectivity index (χ1n) is 9.60. The standard InChI is InChI=1S/C22H18Cl2FN3O3S/c1-28-11-18-13(7-21(28)29)10-26-22(15-3-2-14(25)8-20(15)24)17-9-19(23)12(6-16(17)18)4-5-27-32(30)31/h2-3,6-9,11,27H,4-5,10H2,1H3,(H,30,31)/p-1. The van der Waals surface area contributed by atoms with Crippen molar-refractivity contribution in [2.75, 3.05) is 6.54 Å². The van der Waals surface area contributed by atoms with Gasteiger partial charge in [-0.2, -0.15) is 0 Å². The van der Waals surface area contributed by atoms with Crippen molar-refractivity contribution in [3.8, 4) is 11.1 Å². The molecular formula is C22H17Cl2FN3O3S-. The second-order valence-electron chi connectivity index (χ2n) is 7.32. The molecule has 3 aromatic rings. The van der Waals surface area contributed by atoms with Crippen molar-refractivity contribution in [1.82, 2.24) is 9.29 Å². The lowest BCUT2D eigenvalue weighted by Gasteiger charge is -2.17. The van der Waals surface area contributed by atoms with Crippen LogP contribution < -0.4 is 10.3 Å². The smallest absolute Gasteiger partial charge is 0.250 e. The minimum atomic E-state index is -2.37. The number of hydrogen-bond donors (Lipinski definition) is 1. The molecule has 1 aromatic heterocycles. The average molecular weight is 493 g/mol. The highest BCUT2D eigenvalue weighted by molar-refractivity contribution is 7.77. The Hall–Kier alpha value is -2.36. The van der Waals surface area contributed by atoms with Gasteiger partial charge in [0.2, 0.25) is 0 Å². The maximum Gasteiger partial charge on any atom is 0.250 e. The van der Waals surface area contributed by atoms with E-state index in [0.29, 0.717) is 28.3 Å². The summed E-state index contributed by atoms with van der Waals surface area (Å²) in [5, 5.41) is 0.638. The van der Waals surface area contributed by atoms with Crippen LogP contribution in [0.15, 0.2) is 52.4 Å². The molecule has 1 unspecified atom stereocenters. The summed E-state index contributed by atoms with van der Waals surface area (Å²) in [7, 11) is 1.66. The molecule has 0 saturated heterocycles. The first-order chi connectivity index (χ1) is 15.2. The van der Waals surface area contributed by atoms with Gasteiger partial charge in [-0.05, 0) is 53.4 Å². The lowest BCUT2D eigenvalue weighted by atomic mass is 9.91. The zero-order valence-electron chi connectivity index (χ0n) is 16.8. The van der Waals surface area contributed by atoms with Crippen molar-refractivity contribution in [1.29, 1.82) is 0 Å². The van der Waals surface area contributed by atoms with E-state index in [1.54, 1.807) is 25.4 Å². The molecule has 4 rings (SSSR count). The van der Waals surface area contributed by atoms with Crippen molar-refractivity contribution in [3.63, 3.8) is 0 Å². The first-order valence-corrected chi connectivity index (χ1v) is 11.4. The van der Waals surface area contributed by atoms with Crippen LogP contribution in [0.1, 0.15) is 22.3 Å². The lowest BCUT2D eigenvalue weighted by molar-refractivity contribution is 0.523. The van der Waals surface area contributed by atoms with E-state index in [1.165, 1.54) is 22.8 Å². The number of benzene rings is 2. The number of fused-ring (bicyclic) bond motifs is 3. The van der Waals surface area contributed by atoms with Gasteiger partial charge in [-0.25, -0.2) is 9.11 Å². The van der Waals surface area contributed by atoms with Crippen LogP contribution in [0.2, 0.25) is 10.0 Å². The van der Waals surface area contributed by atoms with Crippen LogP contribution in [0.25, 0.3) is 11.1 Å². The van der Waals surface area contributed by atoms with Crippen LogP contribution in [0.3, 0.4) is 0 Å². The number of nitrogens with zero attached hydrogens (tertiary/aromatic N) is 2. The predicted octanol–water partition coefficient (Wildman–Crippen LogP) is 3.78. The molecule has 1 aliphatic rings. The molecule has 0 bridgehead atoms. The van der Waals surface area contributed by atoms with Crippen molar-refractivity contribution in [2.24, 2.45) is 12.0 Å². The molecule has 0 amide bonds. The Morgan fingerprint density at radius 1 is 1.12 bits per heavy atom. The molecule has 1 atom stereocenters. The largest absolute Gasteiger partial charge is 0.760 e. The number of rotatable bonds is 5. The summed E-state index contributed by atoms with van der Waals surface area (Å²) in [5.41, 5.74) is 4.63. The third-order valence-electron chi connectivity index (χ3n) is 5.25. The zero-order valence-corrected chi connectivity index (χ0v) is 19.2. The predicted molar refractivity (Wildman–Crippen MR) is 124 cm³/mol. The van der Waals surface area contributed by atoms with E-state index >= 15 is 0 Å². The normalized spacial score (nSPS) is 13.7. The fourth-order valence-corrected chi connectivity index (χ4v) is 4.48. The summed E-state index contributed by atoms with van der Waals surface area (Å²) >= 11 is 10.5. The molecule has 166 valence electrons. The molecular weight excluding hydrogens is 476 g/mol. The number of halogens is 3. The van der Waals surface area contributed by atoms with Crippen LogP contribution >= 0.6 is 23.2 Å². The summed E-state index contributed by atoms with van der Waals surface area (Å²) < 4.78 is 39.1. The van der Waals surface area contributed by atoms with Crippen molar-refractivity contribution >= 4 is 40.2 Å². The van der Waals surface area contributed by atoms with E-state index in [0.717, 1.165) is 22.3 Å². The molecule has 10 heteroatoms. The molecule has 0 saturated carbocycles.